The van der Waals surface area contributed by atoms with Crippen LogP contribution in [0.4, 0.5) is 11.4 Å². The van der Waals surface area contributed by atoms with Crippen molar-refractivity contribution in [2.75, 3.05) is 23.3 Å². The molecule has 1 aliphatic rings. The molecule has 0 radical (unpaired) electrons. The Morgan fingerprint density at radius 3 is 2.29 bits per heavy atom. The minimum absolute atomic E-state index is 0.115. The van der Waals surface area contributed by atoms with Gasteiger partial charge in [0.2, 0.25) is 5.91 Å². The average molecular weight is 473 g/mol. The van der Waals surface area contributed by atoms with Gasteiger partial charge in [0, 0.05) is 11.1 Å². The zero-order chi connectivity index (χ0) is 23.7. The van der Waals surface area contributed by atoms with Crippen LogP contribution in [0.15, 0.2) is 89.8 Å². The van der Waals surface area contributed by atoms with Crippen molar-refractivity contribution in [2.45, 2.75) is 17.7 Å². The molecule has 0 saturated heterocycles. The average Bonchev–Trinajstić information content (AvgIpc) is 3.29. The van der Waals surface area contributed by atoms with Crippen molar-refractivity contribution in [3.8, 4) is 5.75 Å². The van der Waals surface area contributed by atoms with Gasteiger partial charge in [-0.25, -0.2) is 8.42 Å². The lowest BCUT2D eigenvalue weighted by Crippen LogP contribution is -2.38. The van der Waals surface area contributed by atoms with Crippen LogP contribution >= 0.6 is 0 Å². The summed E-state index contributed by atoms with van der Waals surface area (Å²) < 4.78 is 33.3. The van der Waals surface area contributed by atoms with E-state index in [-0.39, 0.29) is 11.4 Å². The van der Waals surface area contributed by atoms with Gasteiger partial charge in [0.05, 0.1) is 17.7 Å². The van der Waals surface area contributed by atoms with E-state index in [1.54, 1.807) is 49.6 Å². The summed E-state index contributed by atoms with van der Waals surface area (Å²) in [6, 6.07) is 24.7. The lowest BCUT2D eigenvalue weighted by atomic mass is 10.0. The first-order valence-corrected chi connectivity index (χ1v) is 12.5. The van der Waals surface area contributed by atoms with Gasteiger partial charge in [0.1, 0.15) is 12.3 Å². The number of hydrogen-bond donors (Lipinski definition) is 1. The fraction of sp³-hybridized carbons (Fsp3) is 0.148. The Labute approximate surface area is 198 Å². The molecule has 34 heavy (non-hydrogen) atoms. The third kappa shape index (κ3) is 3.99. The van der Waals surface area contributed by atoms with Gasteiger partial charge in [-0.3, -0.25) is 9.10 Å². The summed E-state index contributed by atoms with van der Waals surface area (Å²) >= 11 is 0. The van der Waals surface area contributed by atoms with Crippen molar-refractivity contribution in [1.29, 1.82) is 0 Å². The Morgan fingerprint density at radius 1 is 0.882 bits per heavy atom. The third-order valence-electron chi connectivity index (χ3n) is 6.13. The van der Waals surface area contributed by atoms with E-state index in [0.717, 1.165) is 22.5 Å². The number of hydrogen-bond acceptors (Lipinski definition) is 4. The molecule has 0 fully saturated rings. The van der Waals surface area contributed by atoms with Gasteiger partial charge in [-0.1, -0.05) is 42.5 Å². The van der Waals surface area contributed by atoms with Gasteiger partial charge < -0.3 is 10.1 Å². The van der Waals surface area contributed by atoms with E-state index in [2.05, 4.69) is 11.4 Å². The van der Waals surface area contributed by atoms with E-state index in [0.29, 0.717) is 17.1 Å². The smallest absolute Gasteiger partial charge is 0.264 e. The number of benzene rings is 4. The largest absolute Gasteiger partial charge is 0.497 e. The van der Waals surface area contributed by atoms with Crippen molar-refractivity contribution >= 4 is 38.1 Å². The zero-order valence-corrected chi connectivity index (χ0v) is 19.5. The summed E-state index contributed by atoms with van der Waals surface area (Å²) in [6.45, 7) is -0.369. The van der Waals surface area contributed by atoms with Crippen LogP contribution in [0.5, 0.6) is 5.75 Å². The molecule has 0 bridgehead atoms. The van der Waals surface area contributed by atoms with Crippen molar-refractivity contribution in [2.24, 2.45) is 0 Å². The molecule has 0 spiro atoms. The first kappa shape index (κ1) is 22.0. The van der Waals surface area contributed by atoms with Gasteiger partial charge in [0.15, 0.2) is 0 Å². The van der Waals surface area contributed by atoms with Crippen LogP contribution in [0.1, 0.15) is 11.1 Å². The highest BCUT2D eigenvalue weighted by Gasteiger charge is 2.27. The molecule has 4 aromatic carbocycles. The molecule has 0 saturated carbocycles. The zero-order valence-electron chi connectivity index (χ0n) is 18.7. The maximum Gasteiger partial charge on any atom is 0.264 e. The van der Waals surface area contributed by atoms with Gasteiger partial charge >= 0.3 is 0 Å². The summed E-state index contributed by atoms with van der Waals surface area (Å²) in [5, 5.41) is 5.10. The van der Waals surface area contributed by atoms with Gasteiger partial charge in [-0.05, 0) is 71.8 Å². The second kappa shape index (κ2) is 8.83. The second-order valence-corrected chi connectivity index (χ2v) is 10.0. The van der Waals surface area contributed by atoms with Crippen molar-refractivity contribution < 1.29 is 17.9 Å². The lowest BCUT2D eigenvalue weighted by molar-refractivity contribution is -0.114. The Morgan fingerprint density at radius 2 is 1.59 bits per heavy atom. The number of nitrogens with zero attached hydrogens (tertiary/aromatic N) is 1. The first-order valence-electron chi connectivity index (χ1n) is 11.0. The second-order valence-electron chi connectivity index (χ2n) is 8.18. The highest BCUT2D eigenvalue weighted by Crippen LogP contribution is 2.35. The standard InChI is InChI=1S/C27H24N2O4S/c1-33-22-15-13-21(14-16-22)29(34(31,32)23-7-3-2-4-8-23)18-26(30)28-25-17-12-20-11-10-19-6-5-9-24(25)27(19)20/h2-9,12-17H,10-11,18H2,1H3,(H,28,30). The van der Waals surface area contributed by atoms with Crippen LogP contribution < -0.4 is 14.4 Å². The number of ether oxygens (including phenoxy) is 1. The lowest BCUT2D eigenvalue weighted by Gasteiger charge is -2.24. The molecule has 4 aromatic rings. The molecule has 0 unspecified atom stereocenters. The third-order valence-corrected chi connectivity index (χ3v) is 7.92. The molecule has 1 amide bonds. The molecule has 7 heteroatoms. The summed E-state index contributed by atoms with van der Waals surface area (Å²) in [7, 11) is -2.43. The number of carbonyl (C=O) groups excluding carboxylic acids is 1. The molecule has 6 nitrogen and oxygen atoms in total. The normalized spacial score (nSPS) is 12.5. The van der Waals surface area contributed by atoms with Crippen molar-refractivity contribution in [1.82, 2.24) is 0 Å². The van der Waals surface area contributed by atoms with Crippen molar-refractivity contribution in [3.63, 3.8) is 0 Å². The number of aryl methyl sites for hydroxylation is 2. The first-order chi connectivity index (χ1) is 16.5. The van der Waals surface area contributed by atoms with Crippen LogP contribution in [-0.2, 0) is 27.7 Å². The Hall–Kier alpha value is -3.84. The van der Waals surface area contributed by atoms with E-state index in [9.17, 15) is 13.2 Å². The Kier molecular flexibility index (Phi) is 5.71. The molecule has 5 rings (SSSR count). The summed E-state index contributed by atoms with van der Waals surface area (Å²) in [4.78, 5) is 13.3. The number of sulfonamides is 1. The SMILES string of the molecule is COc1ccc(N(CC(=O)Nc2ccc3c4c(cccc24)CC3)S(=O)(=O)c2ccccc2)cc1. The van der Waals surface area contributed by atoms with Crippen LogP contribution in [0.2, 0.25) is 0 Å². The number of methoxy groups -OCH3 is 1. The quantitative estimate of drug-likeness (QED) is 0.420. The fourth-order valence-electron chi connectivity index (χ4n) is 4.46. The molecule has 0 aromatic heterocycles. The molecular formula is C27H24N2O4S. The van der Waals surface area contributed by atoms with E-state index < -0.39 is 15.9 Å². The number of nitrogens with one attached hydrogen (secondary N) is 1. The summed E-state index contributed by atoms with van der Waals surface area (Å²) in [6.07, 6.45) is 1.98. The highest BCUT2D eigenvalue weighted by molar-refractivity contribution is 7.92. The molecule has 172 valence electrons. The van der Waals surface area contributed by atoms with E-state index in [1.807, 2.05) is 24.3 Å². The van der Waals surface area contributed by atoms with Crippen LogP contribution in [0.3, 0.4) is 0 Å². The summed E-state index contributed by atoms with van der Waals surface area (Å²) in [5.74, 6) is 0.173. The maximum absolute atomic E-state index is 13.5. The molecule has 1 N–H and O–H groups in total. The summed E-state index contributed by atoms with van der Waals surface area (Å²) in [5.41, 5.74) is 3.60. The van der Waals surface area contributed by atoms with E-state index in [4.69, 9.17) is 4.74 Å². The van der Waals surface area contributed by atoms with Crippen LogP contribution in [-0.4, -0.2) is 28.0 Å². The molecule has 0 aliphatic heterocycles. The number of rotatable bonds is 7. The van der Waals surface area contributed by atoms with Gasteiger partial charge in [0.25, 0.3) is 10.0 Å². The predicted octanol–water partition coefficient (Wildman–Crippen LogP) is 4.78. The Balaban J connectivity index is 1.48. The fourth-order valence-corrected chi connectivity index (χ4v) is 5.90. The number of carbonyl (C=O) groups is 1. The topological polar surface area (TPSA) is 75.7 Å². The van der Waals surface area contributed by atoms with Gasteiger partial charge in [-0.2, -0.15) is 0 Å². The number of amides is 1. The van der Waals surface area contributed by atoms with Crippen LogP contribution in [0, 0.1) is 0 Å². The predicted molar refractivity (Wildman–Crippen MR) is 134 cm³/mol. The highest BCUT2D eigenvalue weighted by atomic mass is 32.2. The number of anilines is 2. The molecular weight excluding hydrogens is 448 g/mol. The van der Waals surface area contributed by atoms with E-state index >= 15 is 0 Å². The van der Waals surface area contributed by atoms with E-state index in [1.165, 1.54) is 28.6 Å². The maximum atomic E-state index is 13.5. The minimum atomic E-state index is -3.98. The Bertz CT molecular complexity index is 1460. The monoisotopic (exact) mass is 472 g/mol. The molecule has 1 aliphatic carbocycles. The van der Waals surface area contributed by atoms with Gasteiger partial charge in [-0.15, -0.1) is 0 Å². The van der Waals surface area contributed by atoms with Crippen LogP contribution in [0.25, 0.3) is 10.8 Å². The molecule has 0 atom stereocenters. The van der Waals surface area contributed by atoms with Crippen molar-refractivity contribution in [3.05, 3.63) is 96.1 Å². The molecule has 0 heterocycles. The minimum Gasteiger partial charge on any atom is -0.497 e.